The molecule has 2 aliphatic rings. The van der Waals surface area contributed by atoms with Crippen LogP contribution in [0.1, 0.15) is 43.8 Å². The molecule has 4 rings (SSSR count). The highest BCUT2D eigenvalue weighted by Gasteiger charge is 2.64. The van der Waals surface area contributed by atoms with Gasteiger partial charge in [-0.2, -0.15) is 0 Å². The summed E-state index contributed by atoms with van der Waals surface area (Å²) in [5.74, 6) is 1.21. The standard InChI is InChI=1S/C23H25ClO4S/c1-26-18-12-11-16(15-19(18)27-2)20-23(24,29-17-9-5-3-6-10-17)21(25)22(28-20)13-7-4-8-14-22/h3,5-6,9-12,15,20H,4,7-8,13-14H2,1-2H3/t20-,23?/m1/s1. The van der Waals surface area contributed by atoms with Crippen LogP contribution in [0.5, 0.6) is 11.5 Å². The lowest BCUT2D eigenvalue weighted by molar-refractivity contribution is -0.137. The van der Waals surface area contributed by atoms with Crippen molar-refractivity contribution < 1.29 is 19.0 Å². The van der Waals surface area contributed by atoms with Gasteiger partial charge in [-0.3, -0.25) is 4.79 Å². The van der Waals surface area contributed by atoms with Crippen LogP contribution >= 0.6 is 23.4 Å². The number of ether oxygens (including phenoxy) is 3. The van der Waals surface area contributed by atoms with Gasteiger partial charge in [-0.25, -0.2) is 0 Å². The average Bonchev–Trinajstić information content (AvgIpc) is 2.96. The number of Topliss-reactive ketones (excluding diaryl/α,β-unsaturated/α-hetero) is 1. The Labute approximate surface area is 180 Å². The van der Waals surface area contributed by atoms with Gasteiger partial charge < -0.3 is 14.2 Å². The zero-order chi connectivity index (χ0) is 20.5. The van der Waals surface area contributed by atoms with Crippen molar-refractivity contribution in [3.8, 4) is 11.5 Å². The minimum absolute atomic E-state index is 0.0139. The molecular weight excluding hydrogens is 408 g/mol. The van der Waals surface area contributed by atoms with E-state index in [2.05, 4.69) is 0 Å². The minimum atomic E-state index is -1.24. The Bertz CT molecular complexity index is 882. The summed E-state index contributed by atoms with van der Waals surface area (Å²) in [6.45, 7) is 0. The van der Waals surface area contributed by atoms with Crippen molar-refractivity contribution in [1.82, 2.24) is 0 Å². The highest BCUT2D eigenvalue weighted by molar-refractivity contribution is 8.02. The number of hydrogen-bond acceptors (Lipinski definition) is 5. The molecule has 1 heterocycles. The summed E-state index contributed by atoms with van der Waals surface area (Å²) in [4.78, 5) is 14.7. The van der Waals surface area contributed by atoms with Crippen LogP contribution in [-0.2, 0) is 9.53 Å². The summed E-state index contributed by atoms with van der Waals surface area (Å²) in [6, 6.07) is 15.4. The van der Waals surface area contributed by atoms with Crippen LogP contribution in [0.15, 0.2) is 53.4 Å². The van der Waals surface area contributed by atoms with Crippen molar-refractivity contribution in [2.24, 2.45) is 0 Å². The SMILES string of the molecule is COc1ccc([C@H]2OC3(CCCCC3)C(=O)C2(Cl)Sc2ccccc2)cc1OC. The molecule has 1 saturated heterocycles. The van der Waals surface area contributed by atoms with Crippen molar-refractivity contribution in [3.05, 3.63) is 54.1 Å². The van der Waals surface area contributed by atoms with Gasteiger partial charge in [0.1, 0.15) is 11.7 Å². The summed E-state index contributed by atoms with van der Waals surface area (Å²) >= 11 is 8.54. The first-order valence-electron chi connectivity index (χ1n) is 9.90. The van der Waals surface area contributed by atoms with E-state index in [1.165, 1.54) is 11.8 Å². The smallest absolute Gasteiger partial charge is 0.198 e. The predicted molar refractivity (Wildman–Crippen MR) is 115 cm³/mol. The zero-order valence-corrected chi connectivity index (χ0v) is 18.2. The number of hydrogen-bond donors (Lipinski definition) is 0. The number of halogens is 1. The predicted octanol–water partition coefficient (Wildman–Crippen LogP) is 5.77. The molecule has 2 fully saturated rings. The number of thioether (sulfide) groups is 1. The molecule has 0 amide bonds. The van der Waals surface area contributed by atoms with E-state index in [-0.39, 0.29) is 5.78 Å². The lowest BCUT2D eigenvalue weighted by Crippen LogP contribution is -2.43. The van der Waals surface area contributed by atoms with Gasteiger partial charge in [0.05, 0.1) is 14.2 Å². The Balaban J connectivity index is 1.77. The van der Waals surface area contributed by atoms with Crippen LogP contribution in [0.3, 0.4) is 0 Å². The second-order valence-electron chi connectivity index (χ2n) is 7.56. The molecule has 1 aliphatic carbocycles. The van der Waals surface area contributed by atoms with Gasteiger partial charge in [-0.15, -0.1) is 0 Å². The largest absolute Gasteiger partial charge is 0.493 e. The van der Waals surface area contributed by atoms with Crippen molar-refractivity contribution >= 4 is 29.1 Å². The number of benzene rings is 2. The molecule has 0 aromatic heterocycles. The fourth-order valence-corrected chi connectivity index (χ4v) is 6.13. The molecule has 2 atom stereocenters. The highest BCUT2D eigenvalue weighted by atomic mass is 35.5. The van der Waals surface area contributed by atoms with Gasteiger partial charge in [0, 0.05) is 4.90 Å². The summed E-state index contributed by atoms with van der Waals surface area (Å²) in [7, 11) is 3.19. The van der Waals surface area contributed by atoms with Crippen molar-refractivity contribution in [3.63, 3.8) is 0 Å². The van der Waals surface area contributed by atoms with E-state index in [9.17, 15) is 4.79 Å². The quantitative estimate of drug-likeness (QED) is 0.561. The topological polar surface area (TPSA) is 44.8 Å². The lowest BCUT2D eigenvalue weighted by Gasteiger charge is -2.31. The molecule has 1 spiro atoms. The van der Waals surface area contributed by atoms with Gasteiger partial charge in [0.15, 0.2) is 21.5 Å². The molecule has 2 aromatic rings. The summed E-state index contributed by atoms with van der Waals surface area (Å²) < 4.78 is 16.1. The van der Waals surface area contributed by atoms with Crippen molar-refractivity contribution in [1.29, 1.82) is 0 Å². The van der Waals surface area contributed by atoms with E-state index in [4.69, 9.17) is 25.8 Å². The molecule has 0 radical (unpaired) electrons. The number of ketones is 1. The minimum Gasteiger partial charge on any atom is -0.493 e. The zero-order valence-electron chi connectivity index (χ0n) is 16.7. The average molecular weight is 433 g/mol. The third kappa shape index (κ3) is 3.65. The van der Waals surface area contributed by atoms with Crippen LogP contribution in [0.2, 0.25) is 0 Å². The number of carbonyl (C=O) groups excluding carboxylic acids is 1. The van der Waals surface area contributed by atoms with Crippen molar-refractivity contribution in [2.75, 3.05) is 14.2 Å². The number of methoxy groups -OCH3 is 2. The summed E-state index contributed by atoms with van der Waals surface area (Å²) in [6.07, 6.45) is 3.94. The van der Waals surface area contributed by atoms with E-state index in [1.807, 2.05) is 48.5 Å². The van der Waals surface area contributed by atoms with E-state index >= 15 is 0 Å². The first kappa shape index (κ1) is 20.6. The van der Waals surface area contributed by atoms with Crippen LogP contribution in [0, 0.1) is 0 Å². The molecule has 2 aromatic carbocycles. The molecule has 1 unspecified atom stereocenters. The first-order chi connectivity index (χ1) is 14.0. The normalized spacial score (nSPS) is 25.9. The van der Waals surface area contributed by atoms with E-state index in [0.717, 1.165) is 42.6 Å². The number of rotatable bonds is 5. The maximum Gasteiger partial charge on any atom is 0.198 e. The molecule has 0 N–H and O–H groups in total. The van der Waals surface area contributed by atoms with E-state index < -0.39 is 15.9 Å². The molecule has 0 bridgehead atoms. The Morgan fingerprint density at radius 1 is 1.00 bits per heavy atom. The highest BCUT2D eigenvalue weighted by Crippen LogP contribution is 2.59. The molecule has 1 aliphatic heterocycles. The molecule has 154 valence electrons. The Morgan fingerprint density at radius 2 is 1.69 bits per heavy atom. The van der Waals surface area contributed by atoms with E-state index in [1.54, 1.807) is 14.2 Å². The molecule has 4 nitrogen and oxygen atoms in total. The van der Waals surface area contributed by atoms with Crippen LogP contribution in [0.4, 0.5) is 0 Å². The van der Waals surface area contributed by atoms with Crippen molar-refractivity contribution in [2.45, 2.75) is 52.9 Å². The second-order valence-corrected chi connectivity index (χ2v) is 9.70. The molecular formula is C23H25ClO4S. The van der Waals surface area contributed by atoms with E-state index in [0.29, 0.717) is 11.5 Å². The van der Waals surface area contributed by atoms with Gasteiger partial charge >= 0.3 is 0 Å². The van der Waals surface area contributed by atoms with Gasteiger partial charge in [-0.05, 0) is 42.7 Å². The Morgan fingerprint density at radius 3 is 2.34 bits per heavy atom. The third-order valence-electron chi connectivity index (χ3n) is 5.79. The number of alkyl halides is 1. The van der Waals surface area contributed by atoms with Gasteiger partial charge in [-0.1, -0.05) is 66.9 Å². The fraction of sp³-hybridized carbons (Fsp3) is 0.435. The third-order valence-corrected chi connectivity index (χ3v) is 7.59. The Hall–Kier alpha value is -1.69. The number of carbonyl (C=O) groups is 1. The van der Waals surface area contributed by atoms with Crippen LogP contribution < -0.4 is 9.47 Å². The van der Waals surface area contributed by atoms with Crippen LogP contribution in [0.25, 0.3) is 0 Å². The van der Waals surface area contributed by atoms with Gasteiger partial charge in [0.25, 0.3) is 0 Å². The first-order valence-corrected chi connectivity index (χ1v) is 11.1. The second kappa shape index (κ2) is 8.21. The lowest BCUT2D eigenvalue weighted by atomic mass is 9.81. The molecule has 1 saturated carbocycles. The maximum atomic E-state index is 13.7. The fourth-order valence-electron chi connectivity index (χ4n) is 4.31. The maximum absolute atomic E-state index is 13.7. The Kier molecular flexibility index (Phi) is 5.83. The summed E-state index contributed by atoms with van der Waals surface area (Å²) in [5.41, 5.74) is 0.0106. The summed E-state index contributed by atoms with van der Waals surface area (Å²) in [5, 5.41) is 0. The van der Waals surface area contributed by atoms with Gasteiger partial charge in [0.2, 0.25) is 0 Å². The monoisotopic (exact) mass is 432 g/mol. The van der Waals surface area contributed by atoms with Crippen LogP contribution in [-0.4, -0.2) is 29.8 Å². The molecule has 29 heavy (non-hydrogen) atoms. The molecule has 6 heteroatoms.